The van der Waals surface area contributed by atoms with Crippen LogP contribution in [-0.2, 0) is 6.42 Å². The third kappa shape index (κ3) is 2.27. The number of aryl methyl sites for hydroxylation is 2. The Hall–Kier alpha value is -2.69. The second-order valence-corrected chi connectivity index (χ2v) is 5.00. The number of aromatic carboxylic acids is 1. The van der Waals surface area contributed by atoms with Crippen molar-refractivity contribution in [3.63, 3.8) is 0 Å². The average Bonchev–Trinajstić information content (AvgIpc) is 2.88. The number of nitrogens with zero attached hydrogens (tertiary/aromatic N) is 3. The number of aromatic nitrogens is 3. The standard InChI is InChI=1S/C16H15N3O2/c1-10-13(8-12-6-4-3-5-7-12)11(2)19-15(18-10)14(9-17-19)16(20)21/h3-7,9H,8H2,1-2H3,(H,20,21)/p-1. The number of hydrogen-bond donors (Lipinski definition) is 0. The lowest BCUT2D eigenvalue weighted by Gasteiger charge is -2.12. The molecular formula is C16H14N3O2-. The van der Waals surface area contributed by atoms with Crippen molar-refractivity contribution < 1.29 is 9.90 Å². The van der Waals surface area contributed by atoms with Crippen LogP contribution in [0.2, 0.25) is 0 Å². The zero-order chi connectivity index (χ0) is 15.0. The molecular weight excluding hydrogens is 266 g/mol. The molecule has 0 unspecified atom stereocenters. The van der Waals surface area contributed by atoms with E-state index in [2.05, 4.69) is 22.2 Å². The summed E-state index contributed by atoms with van der Waals surface area (Å²) in [7, 11) is 0. The molecule has 5 heteroatoms. The van der Waals surface area contributed by atoms with E-state index in [1.807, 2.05) is 32.0 Å². The number of carboxylic acids is 1. The van der Waals surface area contributed by atoms with E-state index in [1.54, 1.807) is 4.52 Å². The maximum absolute atomic E-state index is 11.1. The molecule has 0 N–H and O–H groups in total. The Kier molecular flexibility index (Phi) is 3.17. The summed E-state index contributed by atoms with van der Waals surface area (Å²) in [6, 6.07) is 10.1. The number of rotatable bonds is 3. The zero-order valence-electron chi connectivity index (χ0n) is 11.8. The molecule has 0 saturated carbocycles. The Balaban J connectivity index is 2.14. The van der Waals surface area contributed by atoms with Crippen molar-refractivity contribution in [3.05, 3.63) is 64.6 Å². The van der Waals surface area contributed by atoms with Crippen molar-refractivity contribution in [2.45, 2.75) is 20.3 Å². The molecule has 0 atom stereocenters. The van der Waals surface area contributed by atoms with Crippen LogP contribution in [0, 0.1) is 13.8 Å². The lowest BCUT2D eigenvalue weighted by atomic mass is 10.0. The smallest absolute Gasteiger partial charge is 0.164 e. The molecule has 0 aliphatic heterocycles. The molecule has 2 heterocycles. The van der Waals surface area contributed by atoms with Gasteiger partial charge in [0.15, 0.2) is 5.65 Å². The van der Waals surface area contributed by atoms with E-state index in [1.165, 1.54) is 11.8 Å². The van der Waals surface area contributed by atoms with E-state index < -0.39 is 5.97 Å². The summed E-state index contributed by atoms with van der Waals surface area (Å²) in [5, 5.41) is 15.2. The first-order valence-corrected chi connectivity index (χ1v) is 6.67. The molecule has 1 aromatic carbocycles. The van der Waals surface area contributed by atoms with E-state index >= 15 is 0 Å². The second kappa shape index (κ2) is 5.01. The zero-order valence-corrected chi connectivity index (χ0v) is 11.8. The Bertz CT molecular complexity index is 822. The quantitative estimate of drug-likeness (QED) is 0.725. The Morgan fingerprint density at radius 3 is 2.62 bits per heavy atom. The van der Waals surface area contributed by atoms with Gasteiger partial charge in [0.2, 0.25) is 0 Å². The number of hydrogen-bond acceptors (Lipinski definition) is 4. The van der Waals surface area contributed by atoms with E-state index in [9.17, 15) is 9.90 Å². The van der Waals surface area contributed by atoms with E-state index in [-0.39, 0.29) is 5.56 Å². The molecule has 3 aromatic rings. The van der Waals surface area contributed by atoms with Gasteiger partial charge in [0.1, 0.15) is 0 Å². The third-order valence-electron chi connectivity index (χ3n) is 3.65. The van der Waals surface area contributed by atoms with Crippen LogP contribution in [0.15, 0.2) is 36.5 Å². The summed E-state index contributed by atoms with van der Waals surface area (Å²) < 4.78 is 1.57. The number of carbonyl (C=O) groups excluding carboxylic acids is 1. The highest BCUT2D eigenvalue weighted by Gasteiger charge is 2.14. The Labute approximate surface area is 121 Å². The number of benzene rings is 1. The van der Waals surface area contributed by atoms with Crippen molar-refractivity contribution in [3.8, 4) is 0 Å². The lowest BCUT2D eigenvalue weighted by molar-refractivity contribution is -0.254. The fraction of sp³-hybridized carbons (Fsp3) is 0.188. The normalized spacial score (nSPS) is 11.0. The molecule has 0 bridgehead atoms. The second-order valence-electron chi connectivity index (χ2n) is 5.00. The predicted molar refractivity (Wildman–Crippen MR) is 76.0 cm³/mol. The first-order chi connectivity index (χ1) is 10.1. The summed E-state index contributed by atoms with van der Waals surface area (Å²) >= 11 is 0. The minimum Gasteiger partial charge on any atom is -0.545 e. The number of carbonyl (C=O) groups is 1. The van der Waals surface area contributed by atoms with Gasteiger partial charge in [-0.3, -0.25) is 0 Å². The highest BCUT2D eigenvalue weighted by Crippen LogP contribution is 2.19. The van der Waals surface area contributed by atoms with Crippen molar-refractivity contribution >= 4 is 11.6 Å². The van der Waals surface area contributed by atoms with Gasteiger partial charge in [-0.15, -0.1) is 0 Å². The van der Waals surface area contributed by atoms with Gasteiger partial charge in [-0.05, 0) is 25.0 Å². The van der Waals surface area contributed by atoms with Gasteiger partial charge < -0.3 is 9.90 Å². The summed E-state index contributed by atoms with van der Waals surface area (Å²) in [5.74, 6) is -1.26. The molecule has 0 saturated heterocycles. The molecule has 0 amide bonds. The number of carboxylic acid groups (broad SMARTS) is 1. The fourth-order valence-corrected chi connectivity index (χ4v) is 2.51. The van der Waals surface area contributed by atoms with Crippen molar-refractivity contribution in [2.24, 2.45) is 0 Å². The summed E-state index contributed by atoms with van der Waals surface area (Å²) in [4.78, 5) is 15.5. The van der Waals surface area contributed by atoms with Gasteiger partial charge in [-0.25, -0.2) is 9.50 Å². The number of fused-ring (bicyclic) bond motifs is 1. The minimum absolute atomic E-state index is 0.0208. The van der Waals surface area contributed by atoms with Crippen LogP contribution < -0.4 is 5.11 Å². The van der Waals surface area contributed by atoms with E-state index in [4.69, 9.17) is 0 Å². The Morgan fingerprint density at radius 2 is 1.95 bits per heavy atom. The van der Waals surface area contributed by atoms with Crippen molar-refractivity contribution in [1.82, 2.24) is 14.6 Å². The van der Waals surface area contributed by atoms with Gasteiger partial charge in [0.25, 0.3) is 0 Å². The highest BCUT2D eigenvalue weighted by atomic mass is 16.4. The van der Waals surface area contributed by atoms with Gasteiger partial charge in [0.05, 0.1) is 17.7 Å². The molecule has 3 rings (SSSR count). The molecule has 5 nitrogen and oxygen atoms in total. The summed E-state index contributed by atoms with van der Waals surface area (Å²) in [6.45, 7) is 3.81. The minimum atomic E-state index is -1.26. The SMILES string of the molecule is Cc1nc2c(C(=O)[O-])cnn2c(C)c1Cc1ccccc1. The molecule has 0 aliphatic rings. The molecule has 2 aromatic heterocycles. The van der Waals surface area contributed by atoms with Crippen LogP contribution in [0.4, 0.5) is 0 Å². The monoisotopic (exact) mass is 280 g/mol. The predicted octanol–water partition coefficient (Wildman–Crippen LogP) is 1.30. The molecule has 0 spiro atoms. The average molecular weight is 280 g/mol. The molecule has 0 aliphatic carbocycles. The maximum Gasteiger partial charge on any atom is 0.164 e. The van der Waals surface area contributed by atoms with E-state index in [0.717, 1.165) is 23.4 Å². The van der Waals surface area contributed by atoms with Crippen molar-refractivity contribution in [1.29, 1.82) is 0 Å². The maximum atomic E-state index is 11.1. The third-order valence-corrected chi connectivity index (χ3v) is 3.65. The summed E-state index contributed by atoms with van der Waals surface area (Å²) in [6.07, 6.45) is 2.03. The van der Waals surface area contributed by atoms with Gasteiger partial charge in [-0.1, -0.05) is 30.3 Å². The van der Waals surface area contributed by atoms with Crippen LogP contribution in [0.1, 0.15) is 32.9 Å². The lowest BCUT2D eigenvalue weighted by Crippen LogP contribution is -2.22. The van der Waals surface area contributed by atoms with E-state index in [0.29, 0.717) is 5.65 Å². The van der Waals surface area contributed by atoms with Gasteiger partial charge in [0, 0.05) is 17.8 Å². The van der Waals surface area contributed by atoms with Crippen LogP contribution in [-0.4, -0.2) is 20.6 Å². The van der Waals surface area contributed by atoms with Crippen LogP contribution in [0.3, 0.4) is 0 Å². The first kappa shape index (κ1) is 13.3. The van der Waals surface area contributed by atoms with Crippen LogP contribution in [0.25, 0.3) is 5.65 Å². The summed E-state index contributed by atoms with van der Waals surface area (Å²) in [5.41, 5.74) is 4.30. The van der Waals surface area contributed by atoms with Gasteiger partial charge >= 0.3 is 0 Å². The molecule has 0 radical (unpaired) electrons. The Morgan fingerprint density at radius 1 is 1.24 bits per heavy atom. The fourth-order valence-electron chi connectivity index (χ4n) is 2.51. The van der Waals surface area contributed by atoms with Crippen LogP contribution in [0.5, 0.6) is 0 Å². The topological polar surface area (TPSA) is 70.3 Å². The molecule has 0 fully saturated rings. The first-order valence-electron chi connectivity index (χ1n) is 6.67. The highest BCUT2D eigenvalue weighted by molar-refractivity contribution is 5.92. The van der Waals surface area contributed by atoms with Crippen molar-refractivity contribution in [2.75, 3.05) is 0 Å². The van der Waals surface area contributed by atoms with Crippen LogP contribution >= 0.6 is 0 Å². The largest absolute Gasteiger partial charge is 0.545 e. The molecule has 21 heavy (non-hydrogen) atoms. The van der Waals surface area contributed by atoms with Gasteiger partial charge in [-0.2, -0.15) is 5.10 Å². The molecule has 106 valence electrons.